The molecule has 1 saturated carbocycles. The van der Waals surface area contributed by atoms with Crippen molar-refractivity contribution in [1.29, 1.82) is 0 Å². The Hall–Kier alpha value is -0.120. The molecule has 0 radical (unpaired) electrons. The summed E-state index contributed by atoms with van der Waals surface area (Å²) in [5, 5.41) is 3.88. The third kappa shape index (κ3) is 5.54. The summed E-state index contributed by atoms with van der Waals surface area (Å²) in [5.41, 5.74) is 0. The first-order valence-electron chi connectivity index (χ1n) is 9.33. The number of hydrogen-bond donors (Lipinski definition) is 1. The van der Waals surface area contributed by atoms with Gasteiger partial charge in [0.2, 0.25) is 0 Å². The molecule has 21 heavy (non-hydrogen) atoms. The van der Waals surface area contributed by atoms with Gasteiger partial charge in [-0.1, -0.05) is 26.2 Å². The quantitative estimate of drug-likeness (QED) is 0.729. The summed E-state index contributed by atoms with van der Waals surface area (Å²) in [6.07, 6.45) is 11.3. The smallest absolute Gasteiger partial charge is 0.0224 e. The highest BCUT2D eigenvalue weighted by molar-refractivity contribution is 4.90. The van der Waals surface area contributed by atoms with E-state index >= 15 is 0 Å². The van der Waals surface area contributed by atoms with Crippen LogP contribution >= 0.6 is 0 Å². The van der Waals surface area contributed by atoms with E-state index in [2.05, 4.69) is 36.1 Å². The van der Waals surface area contributed by atoms with Gasteiger partial charge >= 0.3 is 0 Å². The molecule has 1 aliphatic carbocycles. The van der Waals surface area contributed by atoms with E-state index in [0.717, 1.165) is 18.0 Å². The van der Waals surface area contributed by atoms with E-state index in [1.54, 1.807) is 0 Å². The van der Waals surface area contributed by atoms with Gasteiger partial charge < -0.3 is 10.2 Å². The van der Waals surface area contributed by atoms with Crippen LogP contribution in [0, 0.1) is 5.92 Å². The van der Waals surface area contributed by atoms with Crippen molar-refractivity contribution >= 4 is 0 Å². The average Bonchev–Trinajstić information content (AvgIpc) is 2.52. The highest BCUT2D eigenvalue weighted by atomic mass is 15.2. The van der Waals surface area contributed by atoms with E-state index in [0.29, 0.717) is 0 Å². The first-order valence-corrected chi connectivity index (χ1v) is 9.33. The maximum Gasteiger partial charge on any atom is 0.0224 e. The Morgan fingerprint density at radius 1 is 1.10 bits per heavy atom. The highest BCUT2D eigenvalue weighted by Gasteiger charge is 2.31. The van der Waals surface area contributed by atoms with E-state index in [1.807, 2.05) is 0 Å². The number of piperazine rings is 1. The van der Waals surface area contributed by atoms with E-state index in [9.17, 15) is 0 Å². The van der Waals surface area contributed by atoms with Crippen molar-refractivity contribution in [2.45, 2.75) is 70.4 Å². The molecule has 2 aliphatic rings. The molecule has 0 amide bonds. The Kier molecular flexibility index (Phi) is 7.48. The summed E-state index contributed by atoms with van der Waals surface area (Å²) in [6.45, 7) is 7.39. The van der Waals surface area contributed by atoms with Gasteiger partial charge in [-0.3, -0.25) is 4.90 Å². The maximum absolute atomic E-state index is 3.88. The molecule has 2 rings (SSSR count). The Morgan fingerprint density at radius 3 is 2.52 bits per heavy atom. The second-order valence-corrected chi connectivity index (χ2v) is 7.48. The summed E-state index contributed by atoms with van der Waals surface area (Å²) in [7, 11) is 4.36. The lowest BCUT2D eigenvalue weighted by Gasteiger charge is -2.44. The summed E-state index contributed by atoms with van der Waals surface area (Å²) in [4.78, 5) is 5.10. The lowest BCUT2D eigenvalue weighted by molar-refractivity contribution is 0.0915. The molecule has 1 aliphatic heterocycles. The van der Waals surface area contributed by atoms with Crippen LogP contribution in [-0.2, 0) is 0 Å². The van der Waals surface area contributed by atoms with Crippen LogP contribution in [0.2, 0.25) is 0 Å². The standard InChI is InChI=1S/C18H37N3/c1-4-17-14-19-18(16-10-6-5-7-11-16)15-21(17)13-9-8-12-20(2)3/h16-19H,4-15H2,1-3H3. The molecule has 1 saturated heterocycles. The van der Waals surface area contributed by atoms with Gasteiger partial charge in [0.1, 0.15) is 0 Å². The van der Waals surface area contributed by atoms with Crippen LogP contribution in [-0.4, -0.2) is 62.2 Å². The number of unbranched alkanes of at least 4 members (excludes halogenated alkanes) is 1. The first kappa shape index (κ1) is 17.2. The van der Waals surface area contributed by atoms with Crippen LogP contribution < -0.4 is 5.32 Å². The number of rotatable bonds is 7. The van der Waals surface area contributed by atoms with Gasteiger partial charge in [0.15, 0.2) is 0 Å². The summed E-state index contributed by atoms with van der Waals surface area (Å²) in [6, 6.07) is 1.53. The zero-order valence-electron chi connectivity index (χ0n) is 14.6. The second-order valence-electron chi connectivity index (χ2n) is 7.48. The summed E-state index contributed by atoms with van der Waals surface area (Å²) >= 11 is 0. The molecule has 2 fully saturated rings. The lowest BCUT2D eigenvalue weighted by Crippen LogP contribution is -2.58. The molecule has 0 aromatic carbocycles. The predicted octanol–water partition coefficient (Wildman–Crippen LogP) is 2.96. The molecule has 0 aromatic heterocycles. The molecule has 0 bridgehead atoms. The molecule has 1 N–H and O–H groups in total. The molecule has 124 valence electrons. The number of nitrogens with one attached hydrogen (secondary N) is 1. The zero-order chi connectivity index (χ0) is 15.1. The van der Waals surface area contributed by atoms with Crippen molar-refractivity contribution in [2.75, 3.05) is 40.3 Å². The van der Waals surface area contributed by atoms with E-state index in [-0.39, 0.29) is 0 Å². The third-order valence-corrected chi connectivity index (χ3v) is 5.55. The van der Waals surface area contributed by atoms with Crippen molar-refractivity contribution in [1.82, 2.24) is 15.1 Å². The second kappa shape index (κ2) is 9.12. The van der Waals surface area contributed by atoms with E-state index in [4.69, 9.17) is 0 Å². The van der Waals surface area contributed by atoms with Crippen LogP contribution in [0.4, 0.5) is 0 Å². The van der Waals surface area contributed by atoms with Gasteiger partial charge in [-0.2, -0.15) is 0 Å². The molecule has 0 spiro atoms. The van der Waals surface area contributed by atoms with Crippen LogP contribution in [0.5, 0.6) is 0 Å². The minimum atomic E-state index is 0.766. The Morgan fingerprint density at radius 2 is 1.86 bits per heavy atom. The molecule has 3 heteroatoms. The third-order valence-electron chi connectivity index (χ3n) is 5.55. The minimum Gasteiger partial charge on any atom is -0.311 e. The van der Waals surface area contributed by atoms with E-state index in [1.165, 1.54) is 77.5 Å². The molecular weight excluding hydrogens is 258 g/mol. The van der Waals surface area contributed by atoms with E-state index < -0.39 is 0 Å². The van der Waals surface area contributed by atoms with Crippen molar-refractivity contribution in [3.63, 3.8) is 0 Å². The Labute approximate surface area is 132 Å². The Balaban J connectivity index is 1.77. The zero-order valence-corrected chi connectivity index (χ0v) is 14.6. The average molecular weight is 296 g/mol. The fourth-order valence-electron chi connectivity index (χ4n) is 4.15. The van der Waals surface area contributed by atoms with Crippen LogP contribution in [0.15, 0.2) is 0 Å². The molecule has 2 atom stereocenters. The molecular formula is C18H37N3. The van der Waals surface area contributed by atoms with Gasteiger partial charge in [-0.15, -0.1) is 0 Å². The largest absolute Gasteiger partial charge is 0.311 e. The topological polar surface area (TPSA) is 18.5 Å². The SMILES string of the molecule is CCC1CNC(C2CCCCC2)CN1CCCCN(C)C. The maximum atomic E-state index is 3.88. The van der Waals surface area contributed by atoms with Gasteiger partial charge in [-0.25, -0.2) is 0 Å². The molecule has 3 nitrogen and oxygen atoms in total. The fourth-order valence-corrected chi connectivity index (χ4v) is 4.15. The van der Waals surface area contributed by atoms with Crippen molar-refractivity contribution in [3.05, 3.63) is 0 Å². The van der Waals surface area contributed by atoms with Crippen molar-refractivity contribution < 1.29 is 0 Å². The lowest BCUT2D eigenvalue weighted by atomic mass is 9.82. The predicted molar refractivity (Wildman–Crippen MR) is 91.8 cm³/mol. The highest BCUT2D eigenvalue weighted by Crippen LogP contribution is 2.28. The molecule has 1 heterocycles. The van der Waals surface area contributed by atoms with Gasteiger partial charge in [-0.05, 0) is 65.2 Å². The van der Waals surface area contributed by atoms with Gasteiger partial charge in [0.25, 0.3) is 0 Å². The normalized spacial score (nSPS) is 29.1. The molecule has 2 unspecified atom stereocenters. The van der Waals surface area contributed by atoms with Gasteiger partial charge in [0.05, 0.1) is 0 Å². The van der Waals surface area contributed by atoms with Gasteiger partial charge in [0, 0.05) is 25.2 Å². The fraction of sp³-hybridized carbons (Fsp3) is 1.00. The Bertz CT molecular complexity index is 274. The van der Waals surface area contributed by atoms with Crippen molar-refractivity contribution in [3.8, 4) is 0 Å². The molecule has 0 aromatic rings. The van der Waals surface area contributed by atoms with Crippen molar-refractivity contribution in [2.24, 2.45) is 5.92 Å². The number of hydrogen-bond acceptors (Lipinski definition) is 3. The number of nitrogens with zero attached hydrogens (tertiary/aromatic N) is 2. The van der Waals surface area contributed by atoms with Crippen LogP contribution in [0.25, 0.3) is 0 Å². The minimum absolute atomic E-state index is 0.766. The monoisotopic (exact) mass is 295 g/mol. The summed E-state index contributed by atoms with van der Waals surface area (Å²) in [5.74, 6) is 0.945. The van der Waals surface area contributed by atoms with Crippen LogP contribution in [0.3, 0.4) is 0 Å². The van der Waals surface area contributed by atoms with Crippen LogP contribution in [0.1, 0.15) is 58.3 Å². The summed E-state index contributed by atoms with van der Waals surface area (Å²) < 4.78 is 0. The first-order chi connectivity index (χ1) is 10.2.